The van der Waals surface area contributed by atoms with Crippen molar-refractivity contribution in [2.75, 3.05) is 13.7 Å². The van der Waals surface area contributed by atoms with Crippen LogP contribution in [-0.2, 0) is 4.79 Å². The zero-order valence-electron chi connectivity index (χ0n) is 12.4. The quantitative estimate of drug-likeness (QED) is 0.896. The van der Waals surface area contributed by atoms with Crippen molar-refractivity contribution in [3.63, 3.8) is 0 Å². The van der Waals surface area contributed by atoms with Crippen LogP contribution in [0.3, 0.4) is 0 Å². The molecule has 1 amide bonds. The lowest BCUT2D eigenvalue weighted by Gasteiger charge is -2.20. The van der Waals surface area contributed by atoms with Crippen molar-refractivity contribution in [3.8, 4) is 5.75 Å². The highest BCUT2D eigenvalue weighted by molar-refractivity contribution is 5.82. The normalized spacial score (nSPS) is 21.9. The first-order chi connectivity index (χ1) is 9.82. The maximum absolute atomic E-state index is 13.1. The van der Waals surface area contributed by atoms with Crippen LogP contribution in [0.2, 0.25) is 0 Å². The van der Waals surface area contributed by atoms with E-state index in [1.807, 2.05) is 32.0 Å². The zero-order valence-corrected chi connectivity index (χ0v) is 12.4. The van der Waals surface area contributed by atoms with Crippen molar-refractivity contribution in [1.82, 2.24) is 10.6 Å². The number of benzene rings is 1. The van der Waals surface area contributed by atoms with E-state index in [-0.39, 0.29) is 6.04 Å². The summed E-state index contributed by atoms with van der Waals surface area (Å²) in [5.74, 6) is -2.56. The molecule has 21 heavy (non-hydrogen) atoms. The van der Waals surface area contributed by atoms with Crippen LogP contribution < -0.4 is 15.4 Å². The molecule has 1 aromatic carbocycles. The first-order valence-electron chi connectivity index (χ1n) is 6.88. The number of hydrogen-bond acceptors (Lipinski definition) is 3. The molecule has 1 aliphatic rings. The molecule has 2 unspecified atom stereocenters. The molecule has 1 fully saturated rings. The molecule has 0 aliphatic carbocycles. The number of methoxy groups -OCH3 is 1. The lowest BCUT2D eigenvalue weighted by molar-refractivity contribution is -0.124. The number of rotatable bonds is 4. The Labute approximate surface area is 122 Å². The third kappa shape index (κ3) is 3.69. The molecule has 0 saturated carbocycles. The third-order valence-corrected chi connectivity index (χ3v) is 3.64. The monoisotopic (exact) mass is 298 g/mol. The Kier molecular flexibility index (Phi) is 4.46. The SMILES string of the molecule is COc1ccc(C)cc1C(C)NC(=O)C1CC(F)(F)CN1. The van der Waals surface area contributed by atoms with Gasteiger partial charge in [0.25, 0.3) is 5.92 Å². The second-order valence-electron chi connectivity index (χ2n) is 5.47. The predicted molar refractivity (Wildman–Crippen MR) is 75.6 cm³/mol. The first kappa shape index (κ1) is 15.7. The lowest BCUT2D eigenvalue weighted by atomic mass is 10.0. The number of nitrogens with one attached hydrogen (secondary N) is 2. The van der Waals surface area contributed by atoms with Gasteiger partial charge < -0.3 is 10.1 Å². The average Bonchev–Trinajstić information content (AvgIpc) is 2.79. The Balaban J connectivity index is 2.06. The first-order valence-corrected chi connectivity index (χ1v) is 6.88. The molecule has 4 nitrogen and oxygen atoms in total. The minimum absolute atomic E-state index is 0.316. The van der Waals surface area contributed by atoms with Crippen LogP contribution in [0.4, 0.5) is 8.78 Å². The van der Waals surface area contributed by atoms with Crippen LogP contribution in [0, 0.1) is 6.92 Å². The Morgan fingerprint density at radius 3 is 2.81 bits per heavy atom. The second-order valence-corrected chi connectivity index (χ2v) is 5.47. The highest BCUT2D eigenvalue weighted by Gasteiger charge is 2.42. The third-order valence-electron chi connectivity index (χ3n) is 3.64. The summed E-state index contributed by atoms with van der Waals surface area (Å²) in [6.45, 7) is 3.30. The lowest BCUT2D eigenvalue weighted by Crippen LogP contribution is -2.41. The number of halogens is 2. The van der Waals surface area contributed by atoms with Crippen LogP contribution in [0.15, 0.2) is 18.2 Å². The van der Waals surface area contributed by atoms with Crippen LogP contribution in [-0.4, -0.2) is 31.5 Å². The van der Waals surface area contributed by atoms with Gasteiger partial charge >= 0.3 is 0 Å². The van der Waals surface area contributed by atoms with Gasteiger partial charge in [-0.2, -0.15) is 0 Å². The highest BCUT2D eigenvalue weighted by atomic mass is 19.3. The fourth-order valence-electron chi connectivity index (χ4n) is 2.48. The second kappa shape index (κ2) is 5.97. The molecule has 1 heterocycles. The van der Waals surface area contributed by atoms with E-state index in [0.29, 0.717) is 5.75 Å². The molecular weight excluding hydrogens is 278 g/mol. The summed E-state index contributed by atoms with van der Waals surface area (Å²) in [6.07, 6.45) is -0.462. The standard InChI is InChI=1S/C15H20F2N2O2/c1-9-4-5-13(21-3)11(6-9)10(2)19-14(20)12-7-15(16,17)8-18-12/h4-6,10,12,18H,7-8H2,1-3H3,(H,19,20). The Morgan fingerprint density at radius 2 is 2.24 bits per heavy atom. The Bertz CT molecular complexity index is 534. The van der Waals surface area contributed by atoms with Gasteiger partial charge in [-0.1, -0.05) is 17.7 Å². The molecule has 0 aromatic heterocycles. The Morgan fingerprint density at radius 1 is 1.52 bits per heavy atom. The van der Waals surface area contributed by atoms with Crippen molar-refractivity contribution in [1.29, 1.82) is 0 Å². The number of alkyl halides is 2. The summed E-state index contributed by atoms with van der Waals surface area (Å²) in [6, 6.07) is 4.49. The summed E-state index contributed by atoms with van der Waals surface area (Å²) >= 11 is 0. The van der Waals surface area contributed by atoms with Gasteiger partial charge in [-0.25, -0.2) is 8.78 Å². The number of carbonyl (C=O) groups is 1. The fraction of sp³-hybridized carbons (Fsp3) is 0.533. The van der Waals surface area contributed by atoms with Crippen molar-refractivity contribution in [2.24, 2.45) is 0 Å². The number of aryl methyl sites for hydroxylation is 1. The number of hydrogen-bond donors (Lipinski definition) is 2. The molecule has 0 radical (unpaired) electrons. The smallest absolute Gasteiger partial charge is 0.262 e. The van der Waals surface area contributed by atoms with Crippen LogP contribution in [0.1, 0.15) is 30.5 Å². The van der Waals surface area contributed by atoms with Gasteiger partial charge in [0, 0.05) is 12.0 Å². The molecular formula is C15H20F2N2O2. The number of carbonyl (C=O) groups excluding carboxylic acids is 1. The molecule has 2 atom stereocenters. The maximum Gasteiger partial charge on any atom is 0.262 e. The van der Waals surface area contributed by atoms with E-state index < -0.39 is 30.8 Å². The highest BCUT2D eigenvalue weighted by Crippen LogP contribution is 2.28. The van der Waals surface area contributed by atoms with Gasteiger partial charge in [-0.15, -0.1) is 0 Å². The average molecular weight is 298 g/mol. The van der Waals surface area contributed by atoms with E-state index in [2.05, 4.69) is 10.6 Å². The van der Waals surface area contributed by atoms with Gasteiger partial charge in [0.15, 0.2) is 0 Å². The van der Waals surface area contributed by atoms with Crippen molar-refractivity contribution >= 4 is 5.91 Å². The predicted octanol–water partition coefficient (Wildman–Crippen LogP) is 2.18. The van der Waals surface area contributed by atoms with E-state index >= 15 is 0 Å². The van der Waals surface area contributed by atoms with Crippen molar-refractivity contribution in [2.45, 2.75) is 38.3 Å². The maximum atomic E-state index is 13.1. The molecule has 2 rings (SSSR count). The summed E-state index contributed by atoms with van der Waals surface area (Å²) in [5, 5.41) is 5.31. The molecule has 1 aromatic rings. The van der Waals surface area contributed by atoms with E-state index in [9.17, 15) is 13.6 Å². The van der Waals surface area contributed by atoms with Gasteiger partial charge in [0.2, 0.25) is 5.91 Å². The summed E-state index contributed by atoms with van der Waals surface area (Å²) in [7, 11) is 1.56. The van der Waals surface area contributed by atoms with E-state index in [4.69, 9.17) is 4.74 Å². The molecule has 1 saturated heterocycles. The molecule has 1 aliphatic heterocycles. The zero-order chi connectivity index (χ0) is 15.6. The van der Waals surface area contributed by atoms with Crippen molar-refractivity contribution in [3.05, 3.63) is 29.3 Å². The summed E-state index contributed by atoms with van der Waals surface area (Å²) in [4.78, 5) is 12.1. The minimum Gasteiger partial charge on any atom is -0.496 e. The van der Waals surface area contributed by atoms with E-state index in [1.54, 1.807) is 7.11 Å². The Hall–Kier alpha value is -1.69. The number of ether oxygens (including phenoxy) is 1. The number of amides is 1. The molecule has 2 N–H and O–H groups in total. The van der Waals surface area contributed by atoms with Crippen LogP contribution >= 0.6 is 0 Å². The minimum atomic E-state index is -2.81. The molecule has 0 bridgehead atoms. The van der Waals surface area contributed by atoms with E-state index in [0.717, 1.165) is 11.1 Å². The molecule has 6 heteroatoms. The van der Waals surface area contributed by atoms with Crippen LogP contribution in [0.5, 0.6) is 5.75 Å². The largest absolute Gasteiger partial charge is 0.496 e. The fourth-order valence-corrected chi connectivity index (χ4v) is 2.48. The van der Waals surface area contributed by atoms with Gasteiger partial charge in [0.05, 0.1) is 25.7 Å². The van der Waals surface area contributed by atoms with Gasteiger partial charge in [-0.3, -0.25) is 10.1 Å². The summed E-state index contributed by atoms with van der Waals surface area (Å²) < 4.78 is 31.5. The van der Waals surface area contributed by atoms with Gasteiger partial charge in [0.1, 0.15) is 5.75 Å². The molecule has 116 valence electrons. The van der Waals surface area contributed by atoms with E-state index in [1.165, 1.54) is 0 Å². The van der Waals surface area contributed by atoms with Gasteiger partial charge in [-0.05, 0) is 19.9 Å². The van der Waals surface area contributed by atoms with Crippen molar-refractivity contribution < 1.29 is 18.3 Å². The summed E-state index contributed by atoms with van der Waals surface area (Å²) in [5.41, 5.74) is 1.87. The topological polar surface area (TPSA) is 50.4 Å². The van der Waals surface area contributed by atoms with Crippen LogP contribution in [0.25, 0.3) is 0 Å². The molecule has 0 spiro atoms.